The van der Waals surface area contributed by atoms with E-state index in [1.165, 1.54) is 11.1 Å². The molecule has 3 aromatic rings. The van der Waals surface area contributed by atoms with Crippen LogP contribution in [0.1, 0.15) is 40.9 Å². The standard InChI is InChI=1S/C24H28N4O2/c29-23(22-20-8-3-4-9-21(20)25-26-22)28-13-5-11-24(30,12-15-28)17-27-14-10-18-6-1-2-7-19(18)16-27/h1-4,6-9,30H,5,10-17H2,(H,25,26)/t24-/m0/s1. The lowest BCUT2D eigenvalue weighted by atomic mass is 9.92. The number of aromatic nitrogens is 2. The number of likely N-dealkylation sites (tertiary alicyclic amines) is 1. The molecular formula is C24H28N4O2. The molecule has 2 aliphatic rings. The van der Waals surface area contributed by atoms with Gasteiger partial charge in [0.25, 0.3) is 5.91 Å². The third-order valence-electron chi connectivity index (χ3n) is 6.61. The van der Waals surface area contributed by atoms with Gasteiger partial charge < -0.3 is 10.0 Å². The molecule has 3 heterocycles. The summed E-state index contributed by atoms with van der Waals surface area (Å²) in [4.78, 5) is 17.3. The van der Waals surface area contributed by atoms with Crippen molar-refractivity contribution < 1.29 is 9.90 Å². The number of fused-ring (bicyclic) bond motifs is 2. The fourth-order valence-corrected chi connectivity index (χ4v) is 4.92. The molecule has 30 heavy (non-hydrogen) atoms. The second-order valence-electron chi connectivity index (χ2n) is 8.72. The zero-order valence-corrected chi connectivity index (χ0v) is 17.2. The number of aromatic amines is 1. The Morgan fingerprint density at radius 1 is 1.03 bits per heavy atom. The molecule has 1 atom stereocenters. The third kappa shape index (κ3) is 3.73. The van der Waals surface area contributed by atoms with Gasteiger partial charge in [-0.15, -0.1) is 0 Å². The summed E-state index contributed by atoms with van der Waals surface area (Å²) in [5.74, 6) is -0.0522. The molecule has 2 aromatic carbocycles. The van der Waals surface area contributed by atoms with Crippen molar-refractivity contribution in [3.05, 3.63) is 65.4 Å². The summed E-state index contributed by atoms with van der Waals surface area (Å²) in [5, 5.41) is 19.4. The van der Waals surface area contributed by atoms with Gasteiger partial charge in [-0.3, -0.25) is 14.8 Å². The first-order chi connectivity index (χ1) is 14.6. The van der Waals surface area contributed by atoms with Crippen LogP contribution in [0.5, 0.6) is 0 Å². The van der Waals surface area contributed by atoms with E-state index in [0.29, 0.717) is 31.7 Å². The first-order valence-corrected chi connectivity index (χ1v) is 10.9. The lowest BCUT2D eigenvalue weighted by Crippen LogP contribution is -2.45. The van der Waals surface area contributed by atoms with Gasteiger partial charge in [0, 0.05) is 38.1 Å². The van der Waals surface area contributed by atoms with Crippen LogP contribution in [0.15, 0.2) is 48.5 Å². The number of hydrogen-bond acceptors (Lipinski definition) is 4. The van der Waals surface area contributed by atoms with Crippen LogP contribution in [0, 0.1) is 0 Å². The summed E-state index contributed by atoms with van der Waals surface area (Å²) in [6.45, 7) is 3.74. The third-order valence-corrected chi connectivity index (χ3v) is 6.61. The van der Waals surface area contributed by atoms with Crippen LogP contribution in [0.3, 0.4) is 0 Å². The van der Waals surface area contributed by atoms with E-state index in [-0.39, 0.29) is 5.91 Å². The Morgan fingerprint density at radius 2 is 1.83 bits per heavy atom. The summed E-state index contributed by atoms with van der Waals surface area (Å²) in [5.41, 5.74) is 3.38. The number of carbonyl (C=O) groups is 1. The van der Waals surface area contributed by atoms with Crippen molar-refractivity contribution in [3.63, 3.8) is 0 Å². The predicted octanol–water partition coefficient (Wildman–Crippen LogP) is 2.98. The van der Waals surface area contributed by atoms with Crippen molar-refractivity contribution in [1.29, 1.82) is 0 Å². The van der Waals surface area contributed by atoms with E-state index in [1.54, 1.807) is 0 Å². The molecule has 6 nitrogen and oxygen atoms in total. The Hall–Kier alpha value is -2.70. The highest BCUT2D eigenvalue weighted by atomic mass is 16.3. The van der Waals surface area contributed by atoms with E-state index in [1.807, 2.05) is 29.2 Å². The molecule has 0 saturated carbocycles. The maximum absolute atomic E-state index is 13.1. The van der Waals surface area contributed by atoms with E-state index in [9.17, 15) is 9.90 Å². The normalized spacial score (nSPS) is 22.6. The zero-order chi connectivity index (χ0) is 20.6. The summed E-state index contributed by atoms with van der Waals surface area (Å²) in [6.07, 6.45) is 3.15. The van der Waals surface area contributed by atoms with Crippen LogP contribution >= 0.6 is 0 Å². The van der Waals surface area contributed by atoms with Crippen molar-refractivity contribution in [2.45, 2.75) is 37.8 Å². The summed E-state index contributed by atoms with van der Waals surface area (Å²) >= 11 is 0. The highest BCUT2D eigenvalue weighted by Crippen LogP contribution is 2.28. The van der Waals surface area contributed by atoms with Crippen molar-refractivity contribution in [2.24, 2.45) is 0 Å². The van der Waals surface area contributed by atoms with Crippen molar-refractivity contribution in [3.8, 4) is 0 Å². The van der Waals surface area contributed by atoms with Crippen LogP contribution in [-0.4, -0.2) is 62.8 Å². The Bertz CT molecular complexity index is 1060. The molecule has 1 fully saturated rings. The lowest BCUT2D eigenvalue weighted by molar-refractivity contribution is -0.0118. The number of benzene rings is 2. The Labute approximate surface area is 176 Å². The maximum atomic E-state index is 13.1. The molecule has 2 N–H and O–H groups in total. The van der Waals surface area contributed by atoms with Gasteiger partial charge in [-0.05, 0) is 42.9 Å². The molecule has 0 bridgehead atoms. The fraction of sp³-hybridized carbons (Fsp3) is 0.417. The molecule has 1 saturated heterocycles. The molecule has 1 amide bonds. The molecule has 1 aromatic heterocycles. The minimum atomic E-state index is -0.755. The lowest BCUT2D eigenvalue weighted by Gasteiger charge is -2.36. The van der Waals surface area contributed by atoms with Crippen LogP contribution in [0.2, 0.25) is 0 Å². The molecule has 5 rings (SSSR count). The monoisotopic (exact) mass is 404 g/mol. The molecular weight excluding hydrogens is 376 g/mol. The van der Waals surface area contributed by atoms with Gasteiger partial charge in [0.2, 0.25) is 0 Å². The van der Waals surface area contributed by atoms with Crippen LogP contribution in [-0.2, 0) is 13.0 Å². The molecule has 0 radical (unpaired) electrons. The highest BCUT2D eigenvalue weighted by Gasteiger charge is 2.35. The number of para-hydroxylation sites is 1. The molecule has 156 valence electrons. The van der Waals surface area contributed by atoms with Gasteiger partial charge >= 0.3 is 0 Å². The average Bonchev–Trinajstić information content (AvgIpc) is 3.10. The Morgan fingerprint density at radius 3 is 2.73 bits per heavy atom. The summed E-state index contributed by atoms with van der Waals surface area (Å²) in [6, 6.07) is 16.3. The largest absolute Gasteiger partial charge is 0.388 e. The van der Waals surface area contributed by atoms with Gasteiger partial charge in [0.15, 0.2) is 5.69 Å². The number of carbonyl (C=O) groups excluding carboxylic acids is 1. The molecule has 2 aliphatic heterocycles. The smallest absolute Gasteiger partial charge is 0.274 e. The van der Waals surface area contributed by atoms with Crippen molar-refractivity contribution >= 4 is 16.8 Å². The van der Waals surface area contributed by atoms with E-state index in [0.717, 1.165) is 43.3 Å². The van der Waals surface area contributed by atoms with E-state index >= 15 is 0 Å². The quantitative estimate of drug-likeness (QED) is 0.704. The van der Waals surface area contributed by atoms with Crippen LogP contribution in [0.25, 0.3) is 10.9 Å². The number of nitrogens with one attached hydrogen (secondary N) is 1. The maximum Gasteiger partial charge on any atom is 0.274 e. The number of β-amino-alcohol motifs (C(OH)–C–C–N with tert-alkyl or cyclic N) is 1. The van der Waals surface area contributed by atoms with Gasteiger partial charge in [0.05, 0.1) is 11.1 Å². The molecule has 0 aliphatic carbocycles. The first kappa shape index (κ1) is 19.3. The number of rotatable bonds is 3. The second kappa shape index (κ2) is 7.85. The fourth-order valence-electron chi connectivity index (χ4n) is 4.92. The van der Waals surface area contributed by atoms with Crippen molar-refractivity contribution in [2.75, 3.05) is 26.2 Å². The van der Waals surface area contributed by atoms with Gasteiger partial charge in [-0.2, -0.15) is 5.10 Å². The molecule has 0 unspecified atom stereocenters. The van der Waals surface area contributed by atoms with E-state index in [4.69, 9.17) is 0 Å². The number of amides is 1. The van der Waals surface area contributed by atoms with Crippen LogP contribution in [0.4, 0.5) is 0 Å². The van der Waals surface area contributed by atoms with E-state index < -0.39 is 5.60 Å². The van der Waals surface area contributed by atoms with Gasteiger partial charge in [-0.1, -0.05) is 42.5 Å². The molecule has 6 heteroatoms. The number of aliphatic hydroxyl groups is 1. The zero-order valence-electron chi connectivity index (χ0n) is 17.2. The highest BCUT2D eigenvalue weighted by molar-refractivity contribution is 6.04. The van der Waals surface area contributed by atoms with Gasteiger partial charge in [0.1, 0.15) is 0 Å². The van der Waals surface area contributed by atoms with E-state index in [2.05, 4.69) is 39.4 Å². The number of H-pyrrole nitrogens is 1. The topological polar surface area (TPSA) is 72.5 Å². The number of hydrogen-bond donors (Lipinski definition) is 2. The van der Waals surface area contributed by atoms with Crippen LogP contribution < -0.4 is 0 Å². The predicted molar refractivity (Wildman–Crippen MR) is 116 cm³/mol. The Kier molecular flexibility index (Phi) is 5.05. The number of nitrogens with zero attached hydrogens (tertiary/aromatic N) is 3. The van der Waals surface area contributed by atoms with Gasteiger partial charge in [-0.25, -0.2) is 0 Å². The summed E-state index contributed by atoms with van der Waals surface area (Å²) in [7, 11) is 0. The minimum Gasteiger partial charge on any atom is -0.388 e. The molecule has 0 spiro atoms. The average molecular weight is 405 g/mol. The van der Waals surface area contributed by atoms with Crippen molar-refractivity contribution in [1.82, 2.24) is 20.0 Å². The Balaban J connectivity index is 1.25. The SMILES string of the molecule is O=C(c1n[nH]c2ccccc12)N1CCC[C@@](O)(CN2CCc3ccccc3C2)CC1. The minimum absolute atomic E-state index is 0.0522. The second-order valence-corrected chi connectivity index (χ2v) is 8.72. The first-order valence-electron chi connectivity index (χ1n) is 10.9. The summed E-state index contributed by atoms with van der Waals surface area (Å²) < 4.78 is 0.